The zero-order valence-electron chi connectivity index (χ0n) is 32.2. The van der Waals surface area contributed by atoms with Gasteiger partial charge in [-0.2, -0.15) is 17.8 Å². The molecule has 2 aliphatic heterocycles. The first-order chi connectivity index (χ1) is 26.0. The number of aromatic nitrogens is 1. The number of hydrazone groups is 1. The number of carbonyl (C=O) groups excluding carboxylic acids is 2. The maximum Gasteiger partial charge on any atom is 0.303 e. The van der Waals surface area contributed by atoms with Gasteiger partial charge in [0, 0.05) is 60.8 Å². The summed E-state index contributed by atoms with van der Waals surface area (Å²) in [6.45, 7) is 2.81. The summed E-state index contributed by atoms with van der Waals surface area (Å²) in [6, 6.07) is 10.6. The maximum absolute atomic E-state index is 15.0. The van der Waals surface area contributed by atoms with Crippen LogP contribution in [-0.4, -0.2) is 117 Å². The van der Waals surface area contributed by atoms with Crippen molar-refractivity contribution in [1.29, 1.82) is 0 Å². The van der Waals surface area contributed by atoms with Crippen molar-refractivity contribution < 1.29 is 31.5 Å². The van der Waals surface area contributed by atoms with Gasteiger partial charge >= 0.3 is 10.2 Å². The Balaban J connectivity index is 1.57. The molecule has 2 fully saturated rings. The lowest BCUT2D eigenvalue weighted by Gasteiger charge is -2.25. The van der Waals surface area contributed by atoms with Gasteiger partial charge in [0.15, 0.2) is 5.71 Å². The number of alkyl halides is 2. The molecule has 2 aromatic carbocycles. The van der Waals surface area contributed by atoms with Crippen molar-refractivity contribution in [1.82, 2.24) is 23.4 Å². The molecule has 0 radical (unpaired) electrons. The van der Waals surface area contributed by atoms with Gasteiger partial charge in [-0.15, -0.1) is 0 Å². The number of carbonyl (C=O) groups is 2. The molecule has 1 saturated heterocycles. The van der Waals surface area contributed by atoms with Crippen molar-refractivity contribution in [2.24, 2.45) is 15.9 Å². The molecule has 0 atom stereocenters. The van der Waals surface area contributed by atoms with Gasteiger partial charge in [0.1, 0.15) is 5.75 Å². The second-order valence-electron chi connectivity index (χ2n) is 15.1. The van der Waals surface area contributed by atoms with Crippen LogP contribution in [0.25, 0.3) is 28.2 Å². The van der Waals surface area contributed by atoms with E-state index in [4.69, 9.17) is 15.6 Å². The quantitative estimate of drug-likeness (QED) is 0.179. The van der Waals surface area contributed by atoms with E-state index in [0.717, 1.165) is 69.1 Å². The smallest absolute Gasteiger partial charge is 0.303 e. The van der Waals surface area contributed by atoms with E-state index in [2.05, 4.69) is 14.4 Å². The van der Waals surface area contributed by atoms with E-state index in [0.29, 0.717) is 16.8 Å². The molecule has 3 aliphatic rings. The van der Waals surface area contributed by atoms with Crippen LogP contribution in [0, 0.1) is 0 Å². The first-order valence-electron chi connectivity index (χ1n) is 18.5. The van der Waals surface area contributed by atoms with Crippen molar-refractivity contribution in [2.75, 3.05) is 54.4 Å². The molecule has 1 aliphatic carbocycles. The largest absolute Gasteiger partial charge is 0.497 e. The lowest BCUT2D eigenvalue weighted by atomic mass is 9.81. The Morgan fingerprint density at radius 3 is 2.44 bits per heavy atom. The Bertz CT molecular complexity index is 2190. The summed E-state index contributed by atoms with van der Waals surface area (Å²) >= 11 is 0. The number of methoxy groups -OCH3 is 1. The minimum absolute atomic E-state index is 0.0451. The summed E-state index contributed by atoms with van der Waals surface area (Å²) in [6.07, 6.45) is 7.11. The Morgan fingerprint density at radius 1 is 1.05 bits per heavy atom. The third-order valence-electron chi connectivity index (χ3n) is 10.5. The van der Waals surface area contributed by atoms with Crippen molar-refractivity contribution in [3.8, 4) is 17.0 Å². The van der Waals surface area contributed by atoms with Crippen LogP contribution in [0.15, 0.2) is 52.1 Å². The first kappa shape index (κ1) is 40.0. The molecule has 0 spiro atoms. The van der Waals surface area contributed by atoms with Gasteiger partial charge in [-0.05, 0) is 87.2 Å². The Morgan fingerprint density at radius 2 is 1.78 bits per heavy atom. The molecule has 3 aromatic rings. The second kappa shape index (κ2) is 15.8. The van der Waals surface area contributed by atoms with E-state index in [1.807, 2.05) is 44.2 Å². The molecule has 0 bridgehead atoms. The summed E-state index contributed by atoms with van der Waals surface area (Å²) in [7, 11) is 1.76. The van der Waals surface area contributed by atoms with Gasteiger partial charge in [0.05, 0.1) is 38.1 Å². The normalized spacial score (nSPS) is 18.8. The minimum atomic E-state index is -4.08. The molecular weight excluding hydrogens is 731 g/mol. The monoisotopic (exact) mass is 780 g/mol. The highest BCUT2D eigenvalue weighted by Crippen LogP contribution is 2.47. The standard InChI is InChI=1S/C39H50F2N8O5S/c1-24(2)43-34(35(44-42)38(51)48-17-16-47(5)22-39(40,41)23-48)28-18-27-19-29(54-6)13-15-30(27)36-33(25-10-8-7-9-11-25)31-14-12-26(20-32(31)49(36)21-28)37(50)45-55(52,53)46(3)4/h12-15,18-20,24-25H,7-11,16-17,21-23,42H2,1-6H3,(H,45,50). The number of halogens is 2. The van der Waals surface area contributed by atoms with E-state index in [-0.39, 0.29) is 48.6 Å². The van der Waals surface area contributed by atoms with Gasteiger partial charge < -0.3 is 20.0 Å². The number of ether oxygens (including phenoxy) is 1. The molecule has 3 heterocycles. The number of allylic oxidation sites excluding steroid dienone is 1. The predicted octanol–water partition coefficient (Wildman–Crippen LogP) is 4.87. The first-order valence-corrected chi connectivity index (χ1v) is 20.0. The molecule has 2 amide bonds. The molecule has 16 heteroatoms. The number of fused-ring (bicyclic) bond motifs is 5. The number of hydrogen-bond donors (Lipinski definition) is 2. The lowest BCUT2D eigenvalue weighted by molar-refractivity contribution is -0.128. The van der Waals surface area contributed by atoms with E-state index in [9.17, 15) is 18.0 Å². The second-order valence-corrected chi connectivity index (χ2v) is 17.0. The van der Waals surface area contributed by atoms with Gasteiger partial charge in [-0.3, -0.25) is 19.5 Å². The van der Waals surface area contributed by atoms with Crippen LogP contribution in [0.1, 0.15) is 73.4 Å². The number of nitrogens with zero attached hydrogens (tertiary/aromatic N) is 6. The highest BCUT2D eigenvalue weighted by atomic mass is 32.2. The van der Waals surface area contributed by atoms with Crippen LogP contribution in [0.4, 0.5) is 8.78 Å². The summed E-state index contributed by atoms with van der Waals surface area (Å²) in [4.78, 5) is 35.2. The lowest BCUT2D eigenvalue weighted by Crippen LogP contribution is -2.47. The average Bonchev–Trinajstić information content (AvgIpc) is 3.23. The number of amides is 2. The number of benzene rings is 2. The Hall–Kier alpha value is -4.67. The molecule has 296 valence electrons. The van der Waals surface area contributed by atoms with Crippen molar-refractivity contribution in [3.05, 3.63) is 58.7 Å². The van der Waals surface area contributed by atoms with Crippen LogP contribution in [0.3, 0.4) is 0 Å². The van der Waals surface area contributed by atoms with Crippen LogP contribution in [0.5, 0.6) is 5.75 Å². The van der Waals surface area contributed by atoms with Crippen LogP contribution < -0.4 is 15.3 Å². The van der Waals surface area contributed by atoms with Crippen molar-refractivity contribution >= 4 is 50.4 Å². The molecule has 3 N–H and O–H groups in total. The van der Waals surface area contributed by atoms with E-state index < -0.39 is 41.0 Å². The number of rotatable bonds is 9. The zero-order chi connectivity index (χ0) is 39.8. The van der Waals surface area contributed by atoms with Gasteiger partial charge in [0.2, 0.25) is 0 Å². The van der Waals surface area contributed by atoms with Crippen LogP contribution in [-0.2, 0) is 21.5 Å². The average molecular weight is 781 g/mol. The number of aliphatic imine (C=N–C) groups is 1. The maximum atomic E-state index is 15.0. The molecule has 0 unspecified atom stereocenters. The van der Waals surface area contributed by atoms with E-state index in [1.165, 1.54) is 19.0 Å². The summed E-state index contributed by atoms with van der Waals surface area (Å²) in [5.74, 6) is 2.10. The van der Waals surface area contributed by atoms with Crippen molar-refractivity contribution in [2.45, 2.75) is 70.4 Å². The fourth-order valence-corrected chi connectivity index (χ4v) is 8.40. The molecule has 13 nitrogen and oxygen atoms in total. The fourth-order valence-electron chi connectivity index (χ4n) is 7.86. The van der Waals surface area contributed by atoms with Crippen molar-refractivity contribution in [3.63, 3.8) is 0 Å². The van der Waals surface area contributed by atoms with E-state index >= 15 is 8.78 Å². The van der Waals surface area contributed by atoms with E-state index in [1.54, 1.807) is 26.3 Å². The summed E-state index contributed by atoms with van der Waals surface area (Å²) in [5.41, 5.74) is 4.96. The molecule has 55 heavy (non-hydrogen) atoms. The zero-order valence-corrected chi connectivity index (χ0v) is 33.0. The topological polar surface area (TPSA) is 155 Å². The Labute approximate surface area is 321 Å². The summed E-state index contributed by atoms with van der Waals surface area (Å²) in [5, 5.41) is 4.86. The highest BCUT2D eigenvalue weighted by Gasteiger charge is 2.40. The van der Waals surface area contributed by atoms with Gasteiger partial charge in [0.25, 0.3) is 17.7 Å². The van der Waals surface area contributed by atoms with Crippen LogP contribution in [0.2, 0.25) is 0 Å². The molecule has 1 saturated carbocycles. The predicted molar refractivity (Wildman–Crippen MR) is 211 cm³/mol. The Kier molecular flexibility index (Phi) is 11.5. The number of nitrogens with one attached hydrogen (secondary N) is 1. The van der Waals surface area contributed by atoms with Gasteiger partial charge in [-0.1, -0.05) is 25.3 Å². The SMILES string of the molecule is COc1ccc2c(c1)C=C(C(=NC(C)C)C(=NN)C(=O)N1CCN(C)CC(F)(F)C1)Cn1c-2c(C2CCCCC2)c2ccc(C(=O)NS(=O)(=O)N(C)C)cc21. The number of likely N-dealkylation sites (N-methyl/N-ethyl adjacent to an activating group) is 1. The third kappa shape index (κ3) is 8.31. The number of hydrogen-bond acceptors (Lipinski definition) is 9. The third-order valence-corrected chi connectivity index (χ3v) is 11.9. The molecule has 6 rings (SSSR count). The number of nitrogens with two attached hydrogens (primary N) is 1. The molecule has 1 aromatic heterocycles. The summed E-state index contributed by atoms with van der Waals surface area (Å²) < 4.78 is 66.1. The van der Waals surface area contributed by atoms with Crippen LogP contribution >= 0.6 is 0 Å². The fraction of sp³-hybridized carbons (Fsp3) is 0.487. The minimum Gasteiger partial charge on any atom is -0.497 e. The van der Waals surface area contributed by atoms with Gasteiger partial charge in [-0.25, -0.2) is 13.5 Å². The highest BCUT2D eigenvalue weighted by molar-refractivity contribution is 7.87. The molecular formula is C39H50F2N8O5S.